The second-order valence-electron chi connectivity index (χ2n) is 14.7. The van der Waals surface area contributed by atoms with Crippen molar-refractivity contribution < 1.29 is 27.5 Å². The molecule has 4 aliphatic rings. The van der Waals surface area contributed by atoms with E-state index >= 15 is 0 Å². The van der Waals surface area contributed by atoms with E-state index in [-0.39, 0.29) is 28.7 Å². The molecule has 2 aliphatic heterocycles. The normalized spacial score (nSPS) is 22.3. The number of carbonyl (C=O) groups excluding carboxylic acids is 2. The Morgan fingerprint density at radius 1 is 1.04 bits per heavy atom. The Balaban J connectivity index is 1.16. The highest BCUT2D eigenvalue weighted by molar-refractivity contribution is 7.90. The van der Waals surface area contributed by atoms with Crippen LogP contribution in [0.4, 0.5) is 10.5 Å². The number of halogens is 1. The Labute approximate surface area is 278 Å². The van der Waals surface area contributed by atoms with Gasteiger partial charge in [0.25, 0.3) is 10.0 Å². The standard InChI is InChI=1S/C35H46ClN3O6S/c1-34(2,3)45-33(41)38-16-13-24(14-17-38)18-32(40)37-46(42,43)28-10-12-31-30(20-28)39(21-25-6-4-7-25)22-35(23-44-31)15-5-8-26-19-27(36)9-11-29(26)35/h9-12,19-20,24-25H,4-8,13-18,21-23H2,1-3H3,(H,37,40). The van der Waals surface area contributed by atoms with Crippen molar-refractivity contribution in [3.05, 3.63) is 52.5 Å². The van der Waals surface area contributed by atoms with Crippen LogP contribution < -0.4 is 14.4 Å². The average Bonchev–Trinajstić information content (AvgIpc) is 3.11. The number of sulfonamides is 1. The summed E-state index contributed by atoms with van der Waals surface area (Å²) in [5.74, 6) is 0.665. The summed E-state index contributed by atoms with van der Waals surface area (Å²) < 4.78 is 41.4. The Kier molecular flexibility index (Phi) is 9.24. The molecule has 1 spiro atoms. The van der Waals surface area contributed by atoms with Gasteiger partial charge in [-0.2, -0.15) is 0 Å². The minimum absolute atomic E-state index is 0.0169. The number of nitrogens with one attached hydrogen (secondary N) is 1. The number of piperidine rings is 1. The highest BCUT2D eigenvalue weighted by atomic mass is 35.5. The van der Waals surface area contributed by atoms with Gasteiger partial charge in [-0.3, -0.25) is 4.79 Å². The van der Waals surface area contributed by atoms with Crippen LogP contribution in [0.25, 0.3) is 0 Å². The van der Waals surface area contributed by atoms with Crippen molar-refractivity contribution in [1.29, 1.82) is 0 Å². The van der Waals surface area contributed by atoms with Crippen molar-refractivity contribution in [2.45, 2.75) is 94.5 Å². The molecule has 9 nitrogen and oxygen atoms in total. The Hall–Kier alpha value is -2.98. The number of ether oxygens (including phenoxy) is 2. The summed E-state index contributed by atoms with van der Waals surface area (Å²) in [4.78, 5) is 29.4. The first-order valence-corrected chi connectivity index (χ1v) is 18.5. The highest BCUT2D eigenvalue weighted by Crippen LogP contribution is 2.45. The van der Waals surface area contributed by atoms with E-state index < -0.39 is 21.5 Å². The van der Waals surface area contributed by atoms with Crippen molar-refractivity contribution >= 4 is 39.3 Å². The molecule has 2 fully saturated rings. The number of anilines is 1. The van der Waals surface area contributed by atoms with Crippen LogP contribution in [-0.4, -0.2) is 63.7 Å². The third-order valence-corrected chi connectivity index (χ3v) is 11.6. The molecule has 1 atom stereocenters. The van der Waals surface area contributed by atoms with Gasteiger partial charge in [0.05, 0.1) is 17.2 Å². The lowest BCUT2D eigenvalue weighted by molar-refractivity contribution is -0.120. The molecule has 1 saturated heterocycles. The quantitative estimate of drug-likeness (QED) is 0.376. The van der Waals surface area contributed by atoms with E-state index in [1.807, 2.05) is 26.8 Å². The second kappa shape index (κ2) is 12.9. The van der Waals surface area contributed by atoms with Gasteiger partial charge in [0.1, 0.15) is 11.4 Å². The minimum Gasteiger partial charge on any atom is -0.490 e. The predicted octanol–water partition coefficient (Wildman–Crippen LogP) is 6.46. The average molecular weight is 672 g/mol. The van der Waals surface area contributed by atoms with Gasteiger partial charge in [-0.25, -0.2) is 17.9 Å². The first kappa shape index (κ1) is 32.9. The van der Waals surface area contributed by atoms with Gasteiger partial charge in [-0.05, 0) is 119 Å². The molecule has 46 heavy (non-hydrogen) atoms. The summed E-state index contributed by atoms with van der Waals surface area (Å²) in [5, 5.41) is 0.739. The summed E-state index contributed by atoms with van der Waals surface area (Å²) >= 11 is 6.37. The van der Waals surface area contributed by atoms with Crippen molar-refractivity contribution in [2.24, 2.45) is 11.8 Å². The second-order valence-corrected chi connectivity index (χ2v) is 16.8. The molecule has 0 radical (unpaired) electrons. The third-order valence-electron chi connectivity index (χ3n) is 10.0. The molecule has 250 valence electrons. The summed E-state index contributed by atoms with van der Waals surface area (Å²) in [6.45, 7) is 8.49. The van der Waals surface area contributed by atoms with Crippen LogP contribution in [0.2, 0.25) is 5.02 Å². The SMILES string of the molecule is CC(C)(C)OC(=O)N1CCC(CC(=O)NS(=O)(=O)c2ccc3c(c2)N(CC2CCC2)CC2(CCCc4cc(Cl)ccc42)CO3)CC1. The van der Waals surface area contributed by atoms with Crippen molar-refractivity contribution in [1.82, 2.24) is 9.62 Å². The molecule has 1 saturated carbocycles. The maximum Gasteiger partial charge on any atom is 0.410 e. The van der Waals surface area contributed by atoms with Gasteiger partial charge in [-0.15, -0.1) is 0 Å². The van der Waals surface area contributed by atoms with E-state index in [0.29, 0.717) is 44.2 Å². The lowest BCUT2D eigenvalue weighted by Gasteiger charge is -2.42. The lowest BCUT2D eigenvalue weighted by Crippen LogP contribution is -2.47. The van der Waals surface area contributed by atoms with Gasteiger partial charge in [-0.1, -0.05) is 24.1 Å². The predicted molar refractivity (Wildman–Crippen MR) is 178 cm³/mol. The first-order valence-electron chi connectivity index (χ1n) is 16.6. The molecular weight excluding hydrogens is 626 g/mol. The number of hydrogen-bond donors (Lipinski definition) is 1. The number of aryl methyl sites for hydroxylation is 1. The summed E-state index contributed by atoms with van der Waals surface area (Å²) in [6, 6.07) is 11.1. The number of nitrogens with zero attached hydrogens (tertiary/aromatic N) is 2. The zero-order valence-corrected chi connectivity index (χ0v) is 28.7. The zero-order valence-electron chi connectivity index (χ0n) is 27.1. The first-order chi connectivity index (χ1) is 21.8. The maximum absolute atomic E-state index is 13.5. The van der Waals surface area contributed by atoms with E-state index in [0.717, 1.165) is 55.9 Å². The Bertz CT molecular complexity index is 1580. The number of benzene rings is 2. The number of carbonyl (C=O) groups is 2. The fourth-order valence-corrected chi connectivity index (χ4v) is 8.62. The van der Waals surface area contributed by atoms with E-state index in [2.05, 4.69) is 21.8 Å². The monoisotopic (exact) mass is 671 g/mol. The van der Waals surface area contributed by atoms with Crippen LogP contribution in [0, 0.1) is 11.8 Å². The molecule has 2 heterocycles. The highest BCUT2D eigenvalue weighted by Gasteiger charge is 2.42. The summed E-state index contributed by atoms with van der Waals surface area (Å²) in [5.41, 5.74) is 2.49. The minimum atomic E-state index is -4.11. The molecule has 2 amide bonds. The van der Waals surface area contributed by atoms with E-state index in [1.165, 1.54) is 23.6 Å². The van der Waals surface area contributed by atoms with Crippen LogP contribution >= 0.6 is 11.6 Å². The smallest absolute Gasteiger partial charge is 0.410 e. The summed E-state index contributed by atoms with van der Waals surface area (Å²) in [7, 11) is -4.11. The van der Waals surface area contributed by atoms with Gasteiger partial charge in [0, 0.05) is 43.0 Å². The van der Waals surface area contributed by atoms with Crippen LogP contribution in [0.15, 0.2) is 41.3 Å². The summed E-state index contributed by atoms with van der Waals surface area (Å²) in [6.07, 6.45) is 7.48. The maximum atomic E-state index is 13.5. The zero-order chi connectivity index (χ0) is 32.7. The van der Waals surface area contributed by atoms with E-state index in [1.54, 1.807) is 17.0 Å². The number of fused-ring (bicyclic) bond motifs is 3. The van der Waals surface area contributed by atoms with Gasteiger partial charge < -0.3 is 19.3 Å². The Morgan fingerprint density at radius 2 is 1.80 bits per heavy atom. The topological polar surface area (TPSA) is 105 Å². The number of rotatable bonds is 6. The van der Waals surface area contributed by atoms with Crippen molar-refractivity contribution in [3.8, 4) is 5.75 Å². The molecular formula is C35H46ClN3O6S. The van der Waals surface area contributed by atoms with Gasteiger partial charge >= 0.3 is 6.09 Å². The van der Waals surface area contributed by atoms with Crippen LogP contribution in [0.1, 0.15) is 83.3 Å². The van der Waals surface area contributed by atoms with Gasteiger partial charge in [0.15, 0.2) is 0 Å². The molecule has 1 N–H and O–H groups in total. The van der Waals surface area contributed by atoms with Crippen LogP contribution in [0.5, 0.6) is 5.75 Å². The molecule has 2 aromatic rings. The fourth-order valence-electron chi connectivity index (χ4n) is 7.41. The number of hydrogen-bond acceptors (Lipinski definition) is 7. The van der Waals surface area contributed by atoms with Crippen LogP contribution in [-0.2, 0) is 31.4 Å². The van der Waals surface area contributed by atoms with Crippen molar-refractivity contribution in [3.63, 3.8) is 0 Å². The molecule has 0 bridgehead atoms. The molecule has 2 aromatic carbocycles. The molecule has 11 heteroatoms. The van der Waals surface area contributed by atoms with E-state index in [9.17, 15) is 18.0 Å². The molecule has 0 aromatic heterocycles. The van der Waals surface area contributed by atoms with Crippen LogP contribution in [0.3, 0.4) is 0 Å². The number of amides is 2. The largest absolute Gasteiger partial charge is 0.490 e. The molecule has 1 unspecified atom stereocenters. The van der Waals surface area contributed by atoms with Gasteiger partial charge in [0.2, 0.25) is 5.91 Å². The number of likely N-dealkylation sites (tertiary alicyclic amines) is 1. The third kappa shape index (κ3) is 7.28. The molecule has 6 rings (SSSR count). The fraction of sp³-hybridized carbons (Fsp3) is 0.600. The lowest BCUT2D eigenvalue weighted by atomic mass is 9.70. The Morgan fingerprint density at radius 3 is 2.50 bits per heavy atom. The van der Waals surface area contributed by atoms with Crippen molar-refractivity contribution in [2.75, 3.05) is 37.7 Å². The van der Waals surface area contributed by atoms with E-state index in [4.69, 9.17) is 21.1 Å². The molecule has 2 aliphatic carbocycles.